The number of aliphatic hydroxyl groups is 1. The first-order valence-corrected chi connectivity index (χ1v) is 10.1. The van der Waals surface area contributed by atoms with Crippen molar-refractivity contribution in [3.05, 3.63) is 64.8 Å². The van der Waals surface area contributed by atoms with E-state index < -0.39 is 0 Å². The van der Waals surface area contributed by atoms with Crippen molar-refractivity contribution in [2.75, 3.05) is 18.5 Å². The van der Waals surface area contributed by atoms with Crippen LogP contribution in [0.2, 0.25) is 0 Å². The summed E-state index contributed by atoms with van der Waals surface area (Å²) in [5, 5.41) is 13.3. The van der Waals surface area contributed by atoms with Gasteiger partial charge >= 0.3 is 5.69 Å². The number of benzene rings is 2. The van der Waals surface area contributed by atoms with Gasteiger partial charge in [0.25, 0.3) is 0 Å². The maximum Gasteiger partial charge on any atom is 0.329 e. The van der Waals surface area contributed by atoms with Crippen LogP contribution >= 0.6 is 0 Å². The summed E-state index contributed by atoms with van der Waals surface area (Å²) in [5.74, 6) is 1.33. The molecule has 2 aromatic carbocycles. The highest BCUT2D eigenvalue weighted by molar-refractivity contribution is 5.89. The highest BCUT2D eigenvalue weighted by atomic mass is 16.3. The molecule has 148 valence electrons. The molecule has 1 aliphatic rings. The standard InChI is InChI=1S/C22H23N5O2/c28-13-5-12-23-21-16-6-1-2-7-17(16)24-20(25-21)14-26-18-8-3-4-9-19(18)27(22(26)29)15-10-11-15/h1-4,6-9,15,28H,5,10-14H2,(H,23,24,25). The predicted octanol–water partition coefficient (Wildman–Crippen LogP) is 2.92. The number of hydrogen-bond acceptors (Lipinski definition) is 5. The summed E-state index contributed by atoms with van der Waals surface area (Å²) < 4.78 is 3.69. The molecule has 5 rings (SSSR count). The fourth-order valence-corrected chi connectivity index (χ4v) is 3.83. The van der Waals surface area contributed by atoms with E-state index in [0.717, 1.165) is 40.6 Å². The molecule has 0 saturated heterocycles. The molecule has 0 unspecified atom stereocenters. The van der Waals surface area contributed by atoms with Gasteiger partial charge in [0.2, 0.25) is 0 Å². The molecule has 0 bridgehead atoms. The van der Waals surface area contributed by atoms with Gasteiger partial charge in [-0.3, -0.25) is 9.13 Å². The van der Waals surface area contributed by atoms with Gasteiger partial charge < -0.3 is 10.4 Å². The Bertz CT molecular complexity index is 1240. The first kappa shape index (κ1) is 17.9. The number of nitrogens with one attached hydrogen (secondary N) is 1. The van der Waals surface area contributed by atoms with Gasteiger partial charge in [-0.25, -0.2) is 14.8 Å². The quantitative estimate of drug-likeness (QED) is 0.475. The fraction of sp³-hybridized carbons (Fsp3) is 0.318. The van der Waals surface area contributed by atoms with E-state index in [0.29, 0.717) is 31.4 Å². The Morgan fingerprint density at radius 1 is 1.03 bits per heavy atom. The maximum atomic E-state index is 13.2. The van der Waals surface area contributed by atoms with E-state index in [4.69, 9.17) is 15.1 Å². The summed E-state index contributed by atoms with van der Waals surface area (Å²) in [6, 6.07) is 16.1. The number of nitrogens with zero attached hydrogens (tertiary/aromatic N) is 4. The van der Waals surface area contributed by atoms with Gasteiger partial charge in [0.15, 0.2) is 5.82 Å². The second-order valence-corrected chi connectivity index (χ2v) is 7.47. The number of para-hydroxylation sites is 3. The fourth-order valence-electron chi connectivity index (χ4n) is 3.83. The number of hydrogen-bond donors (Lipinski definition) is 2. The molecular formula is C22H23N5O2. The third-order valence-corrected chi connectivity index (χ3v) is 5.36. The Labute approximate surface area is 167 Å². The molecular weight excluding hydrogens is 366 g/mol. The molecule has 29 heavy (non-hydrogen) atoms. The van der Waals surface area contributed by atoms with Crippen molar-refractivity contribution >= 4 is 27.8 Å². The minimum atomic E-state index is 0.000230. The van der Waals surface area contributed by atoms with Crippen LogP contribution in [0.1, 0.15) is 31.1 Å². The van der Waals surface area contributed by atoms with Crippen LogP contribution in [0.15, 0.2) is 53.3 Å². The molecule has 7 heteroatoms. The monoisotopic (exact) mass is 389 g/mol. The summed E-state index contributed by atoms with van der Waals surface area (Å²) in [5.41, 5.74) is 2.72. The summed E-state index contributed by atoms with van der Waals surface area (Å²) in [6.07, 6.45) is 2.75. The van der Waals surface area contributed by atoms with Gasteiger partial charge in [-0.15, -0.1) is 0 Å². The van der Waals surface area contributed by atoms with E-state index in [1.165, 1.54) is 0 Å². The molecule has 0 amide bonds. The van der Waals surface area contributed by atoms with E-state index in [2.05, 4.69) is 5.32 Å². The molecule has 2 N–H and O–H groups in total. The van der Waals surface area contributed by atoms with Crippen LogP contribution in [0.5, 0.6) is 0 Å². The van der Waals surface area contributed by atoms with Crippen LogP contribution in [0.4, 0.5) is 5.82 Å². The number of imidazole rings is 1. The Morgan fingerprint density at radius 3 is 2.59 bits per heavy atom. The van der Waals surface area contributed by atoms with Gasteiger partial charge in [-0.2, -0.15) is 0 Å². The van der Waals surface area contributed by atoms with E-state index >= 15 is 0 Å². The molecule has 1 fully saturated rings. The van der Waals surface area contributed by atoms with Gasteiger partial charge in [0.1, 0.15) is 5.82 Å². The minimum absolute atomic E-state index is 0.000230. The first-order valence-electron chi connectivity index (χ1n) is 10.1. The molecule has 1 aliphatic carbocycles. The van der Waals surface area contributed by atoms with Crippen molar-refractivity contribution in [1.82, 2.24) is 19.1 Å². The number of fused-ring (bicyclic) bond motifs is 2. The summed E-state index contributed by atoms with van der Waals surface area (Å²) in [7, 11) is 0. The van der Waals surface area contributed by atoms with Gasteiger partial charge in [0, 0.05) is 24.6 Å². The lowest BCUT2D eigenvalue weighted by Gasteiger charge is -2.11. The lowest BCUT2D eigenvalue weighted by molar-refractivity contribution is 0.292. The molecule has 0 radical (unpaired) electrons. The number of rotatable bonds is 7. The second kappa shape index (κ2) is 7.33. The highest BCUT2D eigenvalue weighted by Gasteiger charge is 2.28. The molecule has 2 heterocycles. The predicted molar refractivity (Wildman–Crippen MR) is 113 cm³/mol. The average molecular weight is 389 g/mol. The Hall–Kier alpha value is -3.19. The van der Waals surface area contributed by atoms with Crippen LogP contribution in [0, 0.1) is 0 Å². The van der Waals surface area contributed by atoms with E-state index in [9.17, 15) is 4.79 Å². The third-order valence-electron chi connectivity index (χ3n) is 5.36. The largest absolute Gasteiger partial charge is 0.396 e. The summed E-state index contributed by atoms with van der Waals surface area (Å²) in [6.45, 7) is 1.06. The van der Waals surface area contributed by atoms with Gasteiger partial charge in [-0.1, -0.05) is 24.3 Å². The topological polar surface area (TPSA) is 85.0 Å². The van der Waals surface area contributed by atoms with E-state index in [1.54, 1.807) is 4.57 Å². The average Bonchev–Trinajstić information content (AvgIpc) is 3.54. The molecule has 4 aromatic rings. The third kappa shape index (κ3) is 3.27. The zero-order valence-electron chi connectivity index (χ0n) is 16.1. The molecule has 7 nitrogen and oxygen atoms in total. The van der Waals surface area contributed by atoms with Crippen LogP contribution < -0.4 is 11.0 Å². The smallest absolute Gasteiger partial charge is 0.329 e. The highest BCUT2D eigenvalue weighted by Crippen LogP contribution is 2.36. The van der Waals surface area contributed by atoms with Crippen molar-refractivity contribution in [2.24, 2.45) is 0 Å². The first-order chi connectivity index (χ1) is 14.3. The maximum absolute atomic E-state index is 13.2. The Morgan fingerprint density at radius 2 is 1.79 bits per heavy atom. The van der Waals surface area contributed by atoms with Crippen molar-refractivity contribution in [2.45, 2.75) is 31.8 Å². The zero-order valence-corrected chi connectivity index (χ0v) is 16.1. The van der Waals surface area contributed by atoms with Gasteiger partial charge in [-0.05, 0) is 43.5 Å². The SMILES string of the molecule is O=c1n(Cc2nc(NCCCO)c3ccccc3n2)c2ccccc2n1C1CC1. The molecule has 0 spiro atoms. The normalized spacial score (nSPS) is 14.0. The lowest BCUT2D eigenvalue weighted by atomic mass is 10.2. The van der Waals surface area contributed by atoms with Crippen LogP contribution in [0.3, 0.4) is 0 Å². The lowest BCUT2D eigenvalue weighted by Crippen LogP contribution is -2.25. The minimum Gasteiger partial charge on any atom is -0.396 e. The number of aromatic nitrogens is 4. The molecule has 2 aromatic heterocycles. The Balaban J connectivity index is 1.59. The summed E-state index contributed by atoms with van der Waals surface area (Å²) in [4.78, 5) is 22.6. The number of anilines is 1. The van der Waals surface area contributed by atoms with Crippen molar-refractivity contribution in [3.63, 3.8) is 0 Å². The van der Waals surface area contributed by atoms with Crippen LogP contribution in [-0.2, 0) is 6.54 Å². The zero-order chi connectivity index (χ0) is 19.8. The Kier molecular flexibility index (Phi) is 4.52. The molecule has 0 atom stereocenters. The number of aliphatic hydroxyl groups excluding tert-OH is 1. The second-order valence-electron chi connectivity index (χ2n) is 7.47. The molecule has 0 aliphatic heterocycles. The van der Waals surface area contributed by atoms with Gasteiger partial charge in [0.05, 0.1) is 23.1 Å². The summed E-state index contributed by atoms with van der Waals surface area (Å²) >= 11 is 0. The van der Waals surface area contributed by atoms with Crippen molar-refractivity contribution in [3.8, 4) is 0 Å². The van der Waals surface area contributed by atoms with E-state index in [-0.39, 0.29) is 12.3 Å². The van der Waals surface area contributed by atoms with Crippen LogP contribution in [-0.4, -0.2) is 37.4 Å². The van der Waals surface area contributed by atoms with Crippen LogP contribution in [0.25, 0.3) is 21.9 Å². The van der Waals surface area contributed by atoms with E-state index in [1.807, 2.05) is 53.1 Å². The van der Waals surface area contributed by atoms with Crippen molar-refractivity contribution in [1.29, 1.82) is 0 Å². The van der Waals surface area contributed by atoms with Crippen molar-refractivity contribution < 1.29 is 5.11 Å². The molecule has 1 saturated carbocycles.